The number of imide groups is 1. The number of hydrogen-bond acceptors (Lipinski definition) is 2. The Morgan fingerprint density at radius 2 is 2.14 bits per heavy atom. The number of urea groups is 1. The van der Waals surface area contributed by atoms with E-state index in [-0.39, 0.29) is 11.9 Å². The molecule has 2 rings (SSSR count). The van der Waals surface area contributed by atoms with Gasteiger partial charge in [0.1, 0.15) is 0 Å². The van der Waals surface area contributed by atoms with Gasteiger partial charge in [-0.25, -0.2) is 9.69 Å². The van der Waals surface area contributed by atoms with Crippen LogP contribution in [-0.4, -0.2) is 19.0 Å². The van der Waals surface area contributed by atoms with Gasteiger partial charge in [0, 0.05) is 7.05 Å². The maximum atomic E-state index is 11.5. The fourth-order valence-corrected chi connectivity index (χ4v) is 1.59. The third kappa shape index (κ3) is 1.16. The maximum absolute atomic E-state index is 11.5. The highest BCUT2D eigenvalue weighted by atomic mass is 16.2. The first-order valence-electron chi connectivity index (χ1n) is 4.36. The second kappa shape index (κ2) is 3.14. The van der Waals surface area contributed by atoms with E-state index in [4.69, 9.17) is 0 Å². The predicted molar refractivity (Wildman–Crippen MR) is 52.1 cm³/mol. The topological polar surface area (TPSA) is 49.4 Å². The Morgan fingerprint density at radius 3 is 2.86 bits per heavy atom. The first-order chi connectivity index (χ1) is 6.74. The zero-order valence-electron chi connectivity index (χ0n) is 7.78. The molecule has 1 heterocycles. The molecule has 0 bridgehead atoms. The quantitative estimate of drug-likeness (QED) is 0.661. The van der Waals surface area contributed by atoms with E-state index in [1.807, 2.05) is 18.2 Å². The smallest absolute Gasteiger partial charge is 0.328 e. The zero-order valence-corrected chi connectivity index (χ0v) is 7.78. The van der Waals surface area contributed by atoms with Gasteiger partial charge in [-0.15, -0.1) is 0 Å². The molecule has 0 aromatic heterocycles. The van der Waals surface area contributed by atoms with Crippen molar-refractivity contribution in [3.8, 4) is 0 Å². The fourth-order valence-electron chi connectivity index (χ4n) is 1.59. The summed E-state index contributed by atoms with van der Waals surface area (Å²) in [5.41, 5.74) is 1.60. The van der Waals surface area contributed by atoms with Gasteiger partial charge in [0.15, 0.2) is 0 Å². The molecule has 0 aliphatic carbocycles. The van der Waals surface area contributed by atoms with Gasteiger partial charge in [-0.2, -0.15) is 0 Å². The lowest BCUT2D eigenvalue weighted by Crippen LogP contribution is -2.40. The van der Waals surface area contributed by atoms with Crippen molar-refractivity contribution in [2.45, 2.75) is 6.42 Å². The highest BCUT2D eigenvalue weighted by Crippen LogP contribution is 2.27. The van der Waals surface area contributed by atoms with Crippen LogP contribution in [0.15, 0.2) is 24.3 Å². The van der Waals surface area contributed by atoms with Crippen LogP contribution >= 0.6 is 0 Å². The Balaban J connectivity index is 2.44. The van der Waals surface area contributed by atoms with Crippen LogP contribution in [-0.2, 0) is 11.2 Å². The molecule has 0 saturated carbocycles. The minimum absolute atomic E-state index is 0.175. The predicted octanol–water partition coefficient (Wildman–Crippen LogP) is 0.915. The number of rotatable bonds is 0. The van der Waals surface area contributed by atoms with Crippen LogP contribution in [0.3, 0.4) is 0 Å². The lowest BCUT2D eigenvalue weighted by Gasteiger charge is -2.13. The minimum atomic E-state index is -0.375. The summed E-state index contributed by atoms with van der Waals surface area (Å²) in [5.74, 6) is -0.175. The van der Waals surface area contributed by atoms with E-state index >= 15 is 0 Å². The maximum Gasteiger partial charge on any atom is 0.328 e. The van der Waals surface area contributed by atoms with Gasteiger partial charge in [0.25, 0.3) is 0 Å². The SMILES string of the molecule is CNC(=O)N1C(=O)Cc2ccccc21. The summed E-state index contributed by atoms with van der Waals surface area (Å²) >= 11 is 0. The van der Waals surface area contributed by atoms with E-state index in [0.29, 0.717) is 12.1 Å². The molecule has 1 N–H and O–H groups in total. The number of hydrogen-bond donors (Lipinski definition) is 1. The summed E-state index contributed by atoms with van der Waals surface area (Å²) in [4.78, 5) is 24.1. The summed E-state index contributed by atoms with van der Waals surface area (Å²) in [7, 11) is 1.51. The molecule has 3 amide bonds. The van der Waals surface area contributed by atoms with E-state index in [1.54, 1.807) is 6.07 Å². The number of nitrogens with one attached hydrogen (secondary N) is 1. The minimum Gasteiger partial charge on any atom is -0.340 e. The molecular formula is C10H10N2O2. The molecule has 1 aliphatic rings. The van der Waals surface area contributed by atoms with Crippen molar-refractivity contribution in [2.24, 2.45) is 0 Å². The average Bonchev–Trinajstić information content (AvgIpc) is 2.53. The molecular weight excluding hydrogens is 180 g/mol. The van der Waals surface area contributed by atoms with Crippen molar-refractivity contribution < 1.29 is 9.59 Å². The highest BCUT2D eigenvalue weighted by molar-refractivity contribution is 6.18. The van der Waals surface area contributed by atoms with Gasteiger partial charge in [0.2, 0.25) is 5.91 Å². The molecule has 4 heteroatoms. The molecule has 0 spiro atoms. The normalized spacial score (nSPS) is 14.1. The van der Waals surface area contributed by atoms with Crippen molar-refractivity contribution in [3.63, 3.8) is 0 Å². The van der Waals surface area contributed by atoms with E-state index in [2.05, 4.69) is 5.32 Å². The monoisotopic (exact) mass is 190 g/mol. The van der Waals surface area contributed by atoms with Crippen molar-refractivity contribution in [2.75, 3.05) is 11.9 Å². The van der Waals surface area contributed by atoms with E-state index in [9.17, 15) is 9.59 Å². The summed E-state index contributed by atoms with van der Waals surface area (Å²) in [6.45, 7) is 0. The molecule has 0 saturated heterocycles. The molecule has 72 valence electrons. The van der Waals surface area contributed by atoms with Gasteiger partial charge in [0.05, 0.1) is 12.1 Å². The zero-order chi connectivity index (χ0) is 10.1. The van der Waals surface area contributed by atoms with Crippen LogP contribution in [0.4, 0.5) is 10.5 Å². The Hall–Kier alpha value is -1.84. The largest absolute Gasteiger partial charge is 0.340 e. The third-order valence-corrected chi connectivity index (χ3v) is 2.24. The highest BCUT2D eigenvalue weighted by Gasteiger charge is 2.31. The molecule has 1 aliphatic heterocycles. The Morgan fingerprint density at radius 1 is 1.43 bits per heavy atom. The van der Waals surface area contributed by atoms with Gasteiger partial charge >= 0.3 is 6.03 Å². The van der Waals surface area contributed by atoms with E-state index < -0.39 is 0 Å². The van der Waals surface area contributed by atoms with Crippen molar-refractivity contribution in [3.05, 3.63) is 29.8 Å². The van der Waals surface area contributed by atoms with Gasteiger partial charge < -0.3 is 5.32 Å². The summed E-state index contributed by atoms with van der Waals surface area (Å²) in [5, 5.41) is 2.44. The fraction of sp³-hybridized carbons (Fsp3) is 0.200. The third-order valence-electron chi connectivity index (χ3n) is 2.24. The number of anilines is 1. The molecule has 14 heavy (non-hydrogen) atoms. The lowest BCUT2D eigenvalue weighted by atomic mass is 10.2. The van der Waals surface area contributed by atoms with Crippen LogP contribution < -0.4 is 10.2 Å². The van der Waals surface area contributed by atoms with Crippen molar-refractivity contribution in [1.82, 2.24) is 5.32 Å². The number of para-hydroxylation sites is 1. The van der Waals surface area contributed by atoms with Gasteiger partial charge in [-0.3, -0.25) is 4.79 Å². The molecule has 0 radical (unpaired) electrons. The summed E-state index contributed by atoms with van der Waals surface area (Å²) < 4.78 is 0. The van der Waals surface area contributed by atoms with Crippen molar-refractivity contribution >= 4 is 17.6 Å². The first-order valence-corrected chi connectivity index (χ1v) is 4.36. The van der Waals surface area contributed by atoms with Crippen LogP contribution in [0, 0.1) is 0 Å². The Kier molecular flexibility index (Phi) is 1.96. The number of fused-ring (bicyclic) bond motifs is 1. The van der Waals surface area contributed by atoms with Crippen LogP contribution in [0.1, 0.15) is 5.56 Å². The van der Waals surface area contributed by atoms with E-state index in [0.717, 1.165) is 5.56 Å². The number of carbonyl (C=O) groups excluding carboxylic acids is 2. The lowest BCUT2D eigenvalue weighted by molar-refractivity contribution is -0.116. The average molecular weight is 190 g/mol. The standard InChI is InChI=1S/C10H10N2O2/c1-11-10(14)12-8-5-3-2-4-7(8)6-9(12)13/h2-5H,6H2,1H3,(H,11,14). The molecule has 0 fully saturated rings. The number of benzene rings is 1. The van der Waals surface area contributed by atoms with Gasteiger partial charge in [-0.1, -0.05) is 18.2 Å². The van der Waals surface area contributed by atoms with Crippen LogP contribution in [0.2, 0.25) is 0 Å². The molecule has 1 aromatic rings. The summed E-state index contributed by atoms with van der Waals surface area (Å²) in [6.07, 6.45) is 0.309. The first kappa shape index (κ1) is 8.74. The number of carbonyl (C=O) groups is 2. The molecule has 1 aromatic carbocycles. The number of amides is 3. The van der Waals surface area contributed by atoms with Crippen molar-refractivity contribution in [1.29, 1.82) is 0 Å². The Labute approximate surface area is 81.5 Å². The molecule has 0 unspecified atom stereocenters. The number of nitrogens with zero attached hydrogens (tertiary/aromatic N) is 1. The second-order valence-corrected chi connectivity index (χ2v) is 3.09. The molecule has 4 nitrogen and oxygen atoms in total. The van der Waals surface area contributed by atoms with Gasteiger partial charge in [-0.05, 0) is 11.6 Å². The van der Waals surface area contributed by atoms with Crippen LogP contribution in [0.5, 0.6) is 0 Å². The van der Waals surface area contributed by atoms with E-state index in [1.165, 1.54) is 11.9 Å². The summed E-state index contributed by atoms with van der Waals surface area (Å²) in [6, 6.07) is 6.93. The van der Waals surface area contributed by atoms with Crippen LogP contribution in [0.25, 0.3) is 0 Å². The second-order valence-electron chi connectivity index (χ2n) is 3.09. The molecule has 0 atom stereocenters. The Bertz CT molecular complexity index is 393.